The molecular weight excluding hydrogens is 204 g/mol. The molecule has 0 fully saturated rings. The van der Waals surface area contributed by atoms with Crippen molar-refractivity contribution in [1.29, 1.82) is 0 Å². The zero-order valence-corrected chi connectivity index (χ0v) is 9.82. The van der Waals surface area contributed by atoms with E-state index in [-0.39, 0.29) is 5.56 Å². The second kappa shape index (κ2) is 4.09. The minimum Gasteiger partial charge on any atom is -0.307 e. The van der Waals surface area contributed by atoms with Gasteiger partial charge in [-0.2, -0.15) is 5.10 Å². The van der Waals surface area contributed by atoms with Crippen molar-refractivity contribution in [3.05, 3.63) is 33.9 Å². The molecule has 0 aromatic carbocycles. The van der Waals surface area contributed by atoms with Crippen molar-refractivity contribution in [2.45, 2.75) is 26.9 Å². The number of nitrogens with zero attached hydrogens (tertiary/aromatic N) is 3. The molecule has 0 bridgehead atoms. The number of aromatic nitrogens is 3. The van der Waals surface area contributed by atoms with Gasteiger partial charge < -0.3 is 4.98 Å². The van der Waals surface area contributed by atoms with Crippen LogP contribution in [0.25, 0.3) is 5.65 Å². The zero-order chi connectivity index (χ0) is 11.7. The smallest absolute Gasteiger partial charge is 0.251 e. The van der Waals surface area contributed by atoms with Gasteiger partial charge in [0.2, 0.25) is 0 Å². The van der Waals surface area contributed by atoms with E-state index in [9.17, 15) is 4.79 Å². The van der Waals surface area contributed by atoms with Crippen LogP contribution in [0.1, 0.15) is 25.1 Å². The van der Waals surface area contributed by atoms with E-state index in [1.165, 1.54) is 6.07 Å². The van der Waals surface area contributed by atoms with Crippen molar-refractivity contribution in [1.82, 2.24) is 19.5 Å². The highest BCUT2D eigenvalue weighted by molar-refractivity contribution is 5.51. The molecule has 0 atom stereocenters. The molecule has 0 spiro atoms. The molecule has 0 amide bonds. The molecule has 5 heteroatoms. The summed E-state index contributed by atoms with van der Waals surface area (Å²) in [5.41, 5.74) is 2.96. The summed E-state index contributed by atoms with van der Waals surface area (Å²) >= 11 is 0. The number of aromatic amines is 1. The average Bonchev–Trinajstić information content (AvgIpc) is 2.78. The van der Waals surface area contributed by atoms with Gasteiger partial charge in [-0.3, -0.25) is 9.69 Å². The molecule has 2 aromatic heterocycles. The Balaban J connectivity index is 0.000000457. The Morgan fingerprint density at radius 2 is 2.12 bits per heavy atom. The van der Waals surface area contributed by atoms with Gasteiger partial charge in [-0.1, -0.05) is 13.8 Å². The van der Waals surface area contributed by atoms with E-state index in [2.05, 4.69) is 15.0 Å². The molecule has 1 N–H and O–H groups in total. The topological polar surface area (TPSA) is 53.4 Å². The van der Waals surface area contributed by atoms with Crippen molar-refractivity contribution in [2.24, 2.45) is 0 Å². The Hall–Kier alpha value is -1.62. The fourth-order valence-electron chi connectivity index (χ4n) is 1.93. The first kappa shape index (κ1) is 10.9. The molecule has 0 radical (unpaired) electrons. The largest absolute Gasteiger partial charge is 0.307 e. The predicted molar refractivity (Wildman–Crippen MR) is 62.3 cm³/mol. The fourth-order valence-corrected chi connectivity index (χ4v) is 1.93. The molecule has 16 heavy (non-hydrogen) atoms. The van der Waals surface area contributed by atoms with Crippen molar-refractivity contribution >= 4 is 5.65 Å². The van der Waals surface area contributed by atoms with Crippen LogP contribution in [0, 0.1) is 0 Å². The highest BCUT2D eigenvalue weighted by Crippen LogP contribution is 2.22. The summed E-state index contributed by atoms with van der Waals surface area (Å²) in [6, 6.07) is 1.48. The van der Waals surface area contributed by atoms with Gasteiger partial charge >= 0.3 is 0 Å². The van der Waals surface area contributed by atoms with Gasteiger partial charge in [0.1, 0.15) is 5.65 Å². The van der Waals surface area contributed by atoms with E-state index >= 15 is 0 Å². The maximum absolute atomic E-state index is 11.2. The van der Waals surface area contributed by atoms with Gasteiger partial charge in [0.05, 0.1) is 5.69 Å². The lowest BCUT2D eigenvalue weighted by Crippen LogP contribution is -2.12. The molecule has 3 rings (SSSR count). The molecule has 86 valence electrons. The van der Waals surface area contributed by atoms with Gasteiger partial charge in [-0.05, 0) is 7.05 Å². The molecule has 1 aliphatic rings. The van der Waals surface area contributed by atoms with Crippen LogP contribution < -0.4 is 5.56 Å². The van der Waals surface area contributed by atoms with Gasteiger partial charge in [0.25, 0.3) is 5.56 Å². The minimum atomic E-state index is -0.0743. The summed E-state index contributed by atoms with van der Waals surface area (Å²) in [5, 5.41) is 4.39. The summed E-state index contributed by atoms with van der Waals surface area (Å²) in [6.45, 7) is 5.72. The summed E-state index contributed by atoms with van der Waals surface area (Å²) in [5.74, 6) is 0. The van der Waals surface area contributed by atoms with E-state index in [0.29, 0.717) is 0 Å². The first-order chi connectivity index (χ1) is 7.74. The summed E-state index contributed by atoms with van der Waals surface area (Å²) in [7, 11) is 2.04. The Morgan fingerprint density at radius 1 is 1.38 bits per heavy atom. The Morgan fingerprint density at radius 3 is 2.88 bits per heavy atom. The van der Waals surface area contributed by atoms with E-state index in [1.807, 2.05) is 20.9 Å². The fraction of sp³-hybridized carbons (Fsp3) is 0.455. The van der Waals surface area contributed by atoms with Crippen LogP contribution in [0.15, 0.2) is 17.1 Å². The molecule has 5 nitrogen and oxygen atoms in total. The first-order valence-corrected chi connectivity index (χ1v) is 5.52. The predicted octanol–water partition coefficient (Wildman–Crippen LogP) is 0.994. The summed E-state index contributed by atoms with van der Waals surface area (Å²) < 4.78 is 1.74. The first-order valence-electron chi connectivity index (χ1n) is 5.52. The van der Waals surface area contributed by atoms with Crippen LogP contribution in [0.3, 0.4) is 0 Å². The number of H-pyrrole nitrogens is 1. The second-order valence-electron chi connectivity index (χ2n) is 3.70. The molecule has 3 heterocycles. The van der Waals surface area contributed by atoms with Crippen molar-refractivity contribution in [3.63, 3.8) is 0 Å². The lowest BCUT2D eigenvalue weighted by atomic mass is 10.3. The number of fused-ring (bicyclic) bond motifs is 3. The van der Waals surface area contributed by atoms with E-state index < -0.39 is 0 Å². The van der Waals surface area contributed by atoms with Gasteiger partial charge in [-0.15, -0.1) is 0 Å². The molecule has 0 saturated heterocycles. The van der Waals surface area contributed by atoms with Crippen molar-refractivity contribution in [3.8, 4) is 0 Å². The van der Waals surface area contributed by atoms with Gasteiger partial charge in [0.15, 0.2) is 0 Å². The number of hydrogen-bond donors (Lipinski definition) is 1. The Bertz CT molecular complexity index is 555. The number of rotatable bonds is 0. The molecule has 2 aromatic rings. The highest BCUT2D eigenvalue weighted by atomic mass is 16.1. The third kappa shape index (κ3) is 1.63. The minimum absolute atomic E-state index is 0.0743. The monoisotopic (exact) mass is 220 g/mol. The van der Waals surface area contributed by atoms with Gasteiger partial charge in [-0.25, -0.2) is 4.52 Å². The highest BCUT2D eigenvalue weighted by Gasteiger charge is 2.22. The van der Waals surface area contributed by atoms with Crippen LogP contribution in [0.2, 0.25) is 0 Å². The molecule has 0 unspecified atom stereocenters. The third-order valence-electron chi connectivity index (χ3n) is 2.55. The van der Waals surface area contributed by atoms with E-state index in [1.54, 1.807) is 10.7 Å². The normalized spacial score (nSPS) is 14.7. The summed E-state index contributed by atoms with van der Waals surface area (Å²) in [6.07, 6.45) is 1.70. The zero-order valence-electron chi connectivity index (χ0n) is 9.82. The summed E-state index contributed by atoms with van der Waals surface area (Å²) in [4.78, 5) is 16.1. The number of hydrogen-bond acceptors (Lipinski definition) is 3. The maximum Gasteiger partial charge on any atom is 0.251 e. The molecule has 0 aliphatic carbocycles. The van der Waals surface area contributed by atoms with E-state index in [4.69, 9.17) is 0 Å². The Kier molecular flexibility index (Phi) is 2.78. The van der Waals surface area contributed by atoms with Crippen LogP contribution in [-0.4, -0.2) is 26.5 Å². The van der Waals surface area contributed by atoms with Crippen LogP contribution in [0.4, 0.5) is 0 Å². The average molecular weight is 220 g/mol. The van der Waals surface area contributed by atoms with E-state index in [0.717, 1.165) is 30.0 Å². The standard InChI is InChI=1S/C9H10N4O.C2H6/c1-12-4-6-7(5-12)11-13-3-2-8(14)10-9(6)13;1-2/h2-3H,4-5H2,1H3,(H,10,14);1-2H3. The van der Waals surface area contributed by atoms with Crippen LogP contribution in [-0.2, 0) is 13.1 Å². The quantitative estimate of drug-likeness (QED) is 0.720. The van der Waals surface area contributed by atoms with Crippen LogP contribution in [0.5, 0.6) is 0 Å². The van der Waals surface area contributed by atoms with Crippen molar-refractivity contribution in [2.75, 3.05) is 7.05 Å². The molecule has 1 aliphatic heterocycles. The number of nitrogens with one attached hydrogen (secondary N) is 1. The molecule has 0 saturated carbocycles. The molecular formula is C11H16N4O. The van der Waals surface area contributed by atoms with Crippen LogP contribution >= 0.6 is 0 Å². The Labute approximate surface area is 93.7 Å². The SMILES string of the molecule is CC.CN1Cc2nn3ccc(=O)[nH]c3c2C1. The second-order valence-corrected chi connectivity index (χ2v) is 3.70. The van der Waals surface area contributed by atoms with Crippen molar-refractivity contribution < 1.29 is 0 Å². The lowest BCUT2D eigenvalue weighted by Gasteiger charge is -2.04. The van der Waals surface area contributed by atoms with Gasteiger partial charge in [0, 0.05) is 30.9 Å². The maximum atomic E-state index is 11.2. The third-order valence-corrected chi connectivity index (χ3v) is 2.55. The lowest BCUT2D eigenvalue weighted by molar-refractivity contribution is 0.348.